The lowest BCUT2D eigenvalue weighted by Crippen LogP contribution is -2.48. The van der Waals surface area contributed by atoms with Gasteiger partial charge in [-0.1, -0.05) is 55.7 Å². The Kier molecular flexibility index (Phi) is 8.24. The number of piperazine rings is 1. The lowest BCUT2D eigenvalue weighted by Gasteiger charge is -2.43. The summed E-state index contributed by atoms with van der Waals surface area (Å²) >= 11 is 0. The average Bonchev–Trinajstić information content (AvgIpc) is 2.83. The van der Waals surface area contributed by atoms with Crippen molar-refractivity contribution in [3.05, 3.63) is 59.7 Å². The number of nitrogens with zero attached hydrogens (tertiary/aromatic N) is 2. The summed E-state index contributed by atoms with van der Waals surface area (Å²) in [6.07, 6.45) is 0.156. The fourth-order valence-electron chi connectivity index (χ4n) is 5.16. The monoisotopic (exact) mass is 492 g/mol. The van der Waals surface area contributed by atoms with Crippen LogP contribution in [0.25, 0.3) is 0 Å². The number of benzene rings is 2. The van der Waals surface area contributed by atoms with Gasteiger partial charge in [0.05, 0.1) is 5.60 Å². The van der Waals surface area contributed by atoms with E-state index in [-0.39, 0.29) is 24.1 Å². The van der Waals surface area contributed by atoms with Crippen molar-refractivity contribution >= 4 is 0 Å². The molecule has 1 aliphatic heterocycles. The van der Waals surface area contributed by atoms with Crippen molar-refractivity contribution in [3.63, 3.8) is 0 Å². The normalized spacial score (nSPS) is 20.4. The lowest BCUT2D eigenvalue weighted by molar-refractivity contribution is -0.275. The first-order valence-electron chi connectivity index (χ1n) is 12.4. The first-order chi connectivity index (χ1) is 16.7. The number of likely N-dealkylation sites (N-methyl/N-ethyl adjacent to an activating group) is 1. The topological polar surface area (TPSA) is 45.2 Å². The number of alkyl halides is 3. The van der Waals surface area contributed by atoms with Crippen molar-refractivity contribution < 1.29 is 27.8 Å². The third kappa shape index (κ3) is 7.35. The number of aliphatic hydroxyl groups is 1. The number of ether oxygens (including phenoxy) is 2. The van der Waals surface area contributed by atoms with Crippen LogP contribution >= 0.6 is 0 Å². The van der Waals surface area contributed by atoms with Gasteiger partial charge in [0.25, 0.3) is 0 Å². The number of hydrogen-bond acceptors (Lipinski definition) is 5. The molecule has 8 heteroatoms. The maximum absolute atomic E-state index is 13.3. The molecule has 2 aromatic rings. The van der Waals surface area contributed by atoms with Gasteiger partial charge in [-0.3, -0.25) is 4.90 Å². The van der Waals surface area contributed by atoms with E-state index in [1.807, 2.05) is 36.4 Å². The van der Waals surface area contributed by atoms with E-state index < -0.39 is 12.0 Å². The van der Waals surface area contributed by atoms with Crippen LogP contribution in [0.4, 0.5) is 13.2 Å². The Morgan fingerprint density at radius 1 is 0.943 bits per heavy atom. The minimum atomic E-state index is -4.84. The third-order valence-electron chi connectivity index (χ3n) is 7.15. The molecule has 1 unspecified atom stereocenters. The zero-order valence-electron chi connectivity index (χ0n) is 20.3. The molecule has 1 saturated heterocycles. The first kappa shape index (κ1) is 25.8. The Hall–Kier alpha value is -2.29. The van der Waals surface area contributed by atoms with Crippen molar-refractivity contribution in [2.45, 2.75) is 63.1 Å². The highest BCUT2D eigenvalue weighted by molar-refractivity contribution is 5.44. The summed E-state index contributed by atoms with van der Waals surface area (Å²) in [6.45, 7) is 3.46. The van der Waals surface area contributed by atoms with Crippen molar-refractivity contribution in [2.24, 2.45) is 0 Å². The molecule has 0 amide bonds. The Morgan fingerprint density at radius 3 is 2.29 bits per heavy atom. The van der Waals surface area contributed by atoms with Gasteiger partial charge in [0.1, 0.15) is 6.61 Å². The summed E-state index contributed by atoms with van der Waals surface area (Å²) in [4.78, 5) is 4.52. The molecule has 192 valence electrons. The van der Waals surface area contributed by atoms with Crippen LogP contribution in [0.1, 0.15) is 55.7 Å². The summed E-state index contributed by atoms with van der Waals surface area (Å²) in [6, 6.07) is 13.9. The minimum Gasteiger partial charge on any atom is -0.485 e. The van der Waals surface area contributed by atoms with E-state index in [9.17, 15) is 18.3 Å². The van der Waals surface area contributed by atoms with Crippen LogP contribution in [0.15, 0.2) is 48.5 Å². The molecule has 0 spiro atoms. The van der Waals surface area contributed by atoms with Crippen molar-refractivity contribution in [2.75, 3.05) is 33.2 Å². The van der Waals surface area contributed by atoms with E-state index in [4.69, 9.17) is 4.74 Å². The maximum atomic E-state index is 13.3. The van der Waals surface area contributed by atoms with Gasteiger partial charge in [-0.25, -0.2) is 0 Å². The molecule has 2 aromatic carbocycles. The van der Waals surface area contributed by atoms with E-state index in [1.54, 1.807) is 6.07 Å². The Bertz CT molecular complexity index is 940. The molecule has 1 N–H and O–H groups in total. The van der Waals surface area contributed by atoms with Crippen LogP contribution in [0.2, 0.25) is 0 Å². The van der Waals surface area contributed by atoms with E-state index in [0.717, 1.165) is 63.8 Å². The minimum absolute atomic E-state index is 0.0448. The second-order valence-electron chi connectivity index (χ2n) is 9.87. The smallest absolute Gasteiger partial charge is 0.485 e. The Morgan fingerprint density at radius 2 is 1.63 bits per heavy atom. The SMILES string of the molecule is CN1CCN(C(CC2(O)CCCCC2)c2ccc(OCc3ccccc3)c(OC(F)(F)F)c2)CC1. The van der Waals surface area contributed by atoms with E-state index in [0.29, 0.717) is 12.0 Å². The van der Waals surface area contributed by atoms with Gasteiger partial charge in [0.15, 0.2) is 11.5 Å². The fraction of sp³-hybridized carbons (Fsp3) is 0.556. The number of halogens is 3. The van der Waals surface area contributed by atoms with Gasteiger partial charge >= 0.3 is 6.36 Å². The predicted octanol–water partition coefficient (Wildman–Crippen LogP) is 5.54. The molecule has 1 aliphatic carbocycles. The molecule has 1 heterocycles. The summed E-state index contributed by atoms with van der Waals surface area (Å²) in [5.74, 6) is -0.302. The molecular formula is C27H35F3N2O3. The molecule has 1 atom stereocenters. The summed E-state index contributed by atoms with van der Waals surface area (Å²) in [5.41, 5.74) is 0.754. The zero-order chi connectivity index (χ0) is 24.9. The van der Waals surface area contributed by atoms with Gasteiger partial charge in [0.2, 0.25) is 0 Å². The first-order valence-corrected chi connectivity index (χ1v) is 12.4. The van der Waals surface area contributed by atoms with Gasteiger partial charge in [0, 0.05) is 32.2 Å². The van der Waals surface area contributed by atoms with Gasteiger partial charge < -0.3 is 19.5 Å². The largest absolute Gasteiger partial charge is 0.573 e. The second kappa shape index (κ2) is 11.2. The number of hydrogen-bond donors (Lipinski definition) is 1. The molecular weight excluding hydrogens is 457 g/mol. The van der Waals surface area contributed by atoms with Crippen LogP contribution < -0.4 is 9.47 Å². The quantitative estimate of drug-likeness (QED) is 0.525. The van der Waals surface area contributed by atoms with Crippen LogP contribution in [-0.2, 0) is 6.61 Å². The van der Waals surface area contributed by atoms with E-state index >= 15 is 0 Å². The molecule has 5 nitrogen and oxygen atoms in total. The summed E-state index contributed by atoms with van der Waals surface area (Å²) in [7, 11) is 2.06. The molecule has 0 aromatic heterocycles. The van der Waals surface area contributed by atoms with Gasteiger partial charge in [-0.05, 0) is 49.6 Å². The molecule has 35 heavy (non-hydrogen) atoms. The number of rotatable bonds is 8. The Labute approximate surface area is 205 Å². The lowest BCUT2D eigenvalue weighted by atomic mass is 9.78. The molecule has 2 fully saturated rings. The van der Waals surface area contributed by atoms with Crippen LogP contribution in [0.3, 0.4) is 0 Å². The highest BCUT2D eigenvalue weighted by atomic mass is 19.4. The standard InChI is InChI=1S/C27H35F3N2O3/c1-31-14-16-32(17-15-31)23(19-26(33)12-6-3-7-13-26)22-10-11-24(25(18-22)35-27(28,29)30)34-20-21-8-4-2-5-9-21/h2,4-5,8-11,18,23,33H,3,6-7,12-17,19-20H2,1H3. The van der Waals surface area contributed by atoms with Crippen molar-refractivity contribution in [3.8, 4) is 11.5 Å². The van der Waals surface area contributed by atoms with Gasteiger partial charge in [-0.2, -0.15) is 0 Å². The van der Waals surface area contributed by atoms with E-state index in [2.05, 4.69) is 21.6 Å². The van der Waals surface area contributed by atoms with Crippen molar-refractivity contribution in [1.82, 2.24) is 9.80 Å². The van der Waals surface area contributed by atoms with E-state index in [1.165, 1.54) is 6.07 Å². The summed E-state index contributed by atoms with van der Waals surface area (Å²) in [5, 5.41) is 11.3. The Balaban J connectivity index is 1.62. The molecule has 0 bridgehead atoms. The molecule has 1 saturated carbocycles. The van der Waals surface area contributed by atoms with Crippen LogP contribution in [-0.4, -0.2) is 60.1 Å². The van der Waals surface area contributed by atoms with Crippen LogP contribution in [0.5, 0.6) is 11.5 Å². The summed E-state index contributed by atoms with van der Waals surface area (Å²) < 4.78 is 50.1. The maximum Gasteiger partial charge on any atom is 0.573 e. The zero-order valence-corrected chi connectivity index (χ0v) is 20.3. The van der Waals surface area contributed by atoms with Gasteiger partial charge in [-0.15, -0.1) is 13.2 Å². The highest BCUT2D eigenvalue weighted by Gasteiger charge is 2.37. The molecule has 2 aliphatic rings. The highest BCUT2D eigenvalue weighted by Crippen LogP contribution is 2.41. The third-order valence-corrected chi connectivity index (χ3v) is 7.15. The average molecular weight is 493 g/mol. The van der Waals surface area contributed by atoms with Crippen molar-refractivity contribution in [1.29, 1.82) is 0 Å². The fourth-order valence-corrected chi connectivity index (χ4v) is 5.16. The molecule has 0 radical (unpaired) electrons. The van der Waals surface area contributed by atoms with Crippen LogP contribution in [0, 0.1) is 0 Å². The second-order valence-corrected chi connectivity index (χ2v) is 9.87. The predicted molar refractivity (Wildman–Crippen MR) is 128 cm³/mol. The molecule has 4 rings (SSSR count).